The molecule has 0 aliphatic carbocycles. The maximum absolute atomic E-state index is 10.9. The molecule has 3 nitrogen and oxygen atoms in total. The SMILES string of the molecule is C=CC(=O)Oc1ccc(C(C)(C)O)cc1. The topological polar surface area (TPSA) is 46.5 Å². The summed E-state index contributed by atoms with van der Waals surface area (Å²) in [6.45, 7) is 6.68. The van der Waals surface area contributed by atoms with Crippen molar-refractivity contribution in [2.24, 2.45) is 0 Å². The molecule has 1 aromatic carbocycles. The van der Waals surface area contributed by atoms with E-state index in [-0.39, 0.29) is 0 Å². The van der Waals surface area contributed by atoms with Gasteiger partial charge in [0.1, 0.15) is 5.75 Å². The third kappa shape index (κ3) is 3.22. The standard InChI is InChI=1S/C12H14O3/c1-4-11(13)15-10-7-5-9(6-8-10)12(2,3)14/h4-8,14H,1H2,2-3H3. The van der Waals surface area contributed by atoms with Gasteiger partial charge in [-0.1, -0.05) is 18.7 Å². The number of aliphatic hydroxyl groups is 1. The molecule has 80 valence electrons. The minimum Gasteiger partial charge on any atom is -0.423 e. The number of hydrogen-bond donors (Lipinski definition) is 1. The van der Waals surface area contributed by atoms with Crippen LogP contribution in [-0.2, 0) is 10.4 Å². The van der Waals surface area contributed by atoms with Crippen LogP contribution in [0.1, 0.15) is 19.4 Å². The first-order valence-electron chi connectivity index (χ1n) is 4.60. The molecule has 1 rings (SSSR count). The van der Waals surface area contributed by atoms with Gasteiger partial charge in [0.15, 0.2) is 0 Å². The normalized spacial score (nSPS) is 10.9. The lowest BCUT2D eigenvalue weighted by molar-refractivity contribution is -0.128. The predicted molar refractivity (Wildman–Crippen MR) is 57.5 cm³/mol. The maximum atomic E-state index is 10.9. The van der Waals surface area contributed by atoms with Crippen LogP contribution in [0.15, 0.2) is 36.9 Å². The zero-order chi connectivity index (χ0) is 11.5. The van der Waals surface area contributed by atoms with Crippen molar-refractivity contribution in [2.75, 3.05) is 0 Å². The van der Waals surface area contributed by atoms with Gasteiger partial charge in [-0.05, 0) is 31.5 Å². The first-order chi connectivity index (χ1) is 6.93. The highest BCUT2D eigenvalue weighted by molar-refractivity contribution is 5.83. The van der Waals surface area contributed by atoms with E-state index < -0.39 is 11.6 Å². The van der Waals surface area contributed by atoms with E-state index in [1.54, 1.807) is 38.1 Å². The molecule has 0 saturated heterocycles. The van der Waals surface area contributed by atoms with Crippen LogP contribution in [0, 0.1) is 0 Å². The molecule has 0 saturated carbocycles. The summed E-state index contributed by atoms with van der Waals surface area (Å²) < 4.78 is 4.89. The van der Waals surface area contributed by atoms with Crippen LogP contribution in [-0.4, -0.2) is 11.1 Å². The van der Waals surface area contributed by atoms with E-state index in [4.69, 9.17) is 4.74 Å². The fraction of sp³-hybridized carbons (Fsp3) is 0.250. The summed E-state index contributed by atoms with van der Waals surface area (Å²) in [4.78, 5) is 10.9. The quantitative estimate of drug-likeness (QED) is 0.467. The van der Waals surface area contributed by atoms with Gasteiger partial charge in [0, 0.05) is 6.08 Å². The van der Waals surface area contributed by atoms with Gasteiger partial charge in [-0.2, -0.15) is 0 Å². The summed E-state index contributed by atoms with van der Waals surface area (Å²) in [6.07, 6.45) is 1.10. The molecule has 0 radical (unpaired) electrons. The van der Waals surface area contributed by atoms with Crippen molar-refractivity contribution < 1.29 is 14.6 Å². The Balaban J connectivity index is 2.81. The van der Waals surface area contributed by atoms with Crippen LogP contribution >= 0.6 is 0 Å². The summed E-state index contributed by atoms with van der Waals surface area (Å²) >= 11 is 0. The Morgan fingerprint density at radius 2 is 1.93 bits per heavy atom. The number of hydrogen-bond acceptors (Lipinski definition) is 3. The maximum Gasteiger partial charge on any atom is 0.335 e. The molecule has 3 heteroatoms. The van der Waals surface area contributed by atoms with Gasteiger partial charge in [-0.3, -0.25) is 0 Å². The van der Waals surface area contributed by atoms with Gasteiger partial charge in [0.2, 0.25) is 0 Å². The summed E-state index contributed by atoms with van der Waals surface area (Å²) in [7, 11) is 0. The minimum atomic E-state index is -0.888. The summed E-state index contributed by atoms with van der Waals surface area (Å²) in [5.41, 5.74) is -0.123. The van der Waals surface area contributed by atoms with Crippen molar-refractivity contribution in [3.63, 3.8) is 0 Å². The lowest BCUT2D eigenvalue weighted by Gasteiger charge is -2.17. The van der Waals surface area contributed by atoms with Crippen LogP contribution in [0.2, 0.25) is 0 Å². The Hall–Kier alpha value is -1.61. The average Bonchev–Trinajstić information content (AvgIpc) is 2.17. The van der Waals surface area contributed by atoms with Crippen LogP contribution in [0.25, 0.3) is 0 Å². The molecule has 1 N–H and O–H groups in total. The Morgan fingerprint density at radius 1 is 1.40 bits per heavy atom. The van der Waals surface area contributed by atoms with Gasteiger partial charge in [0.25, 0.3) is 0 Å². The first-order valence-corrected chi connectivity index (χ1v) is 4.60. The van der Waals surface area contributed by atoms with E-state index in [2.05, 4.69) is 6.58 Å². The van der Waals surface area contributed by atoms with Gasteiger partial charge < -0.3 is 9.84 Å². The number of rotatable bonds is 3. The summed E-state index contributed by atoms with van der Waals surface area (Å²) in [5, 5.41) is 9.68. The first kappa shape index (κ1) is 11.5. The smallest absolute Gasteiger partial charge is 0.335 e. The van der Waals surface area contributed by atoms with Crippen LogP contribution < -0.4 is 4.74 Å². The Kier molecular flexibility index (Phi) is 3.27. The van der Waals surface area contributed by atoms with Crippen molar-refractivity contribution in [2.45, 2.75) is 19.4 Å². The van der Waals surface area contributed by atoms with Crippen molar-refractivity contribution in [3.05, 3.63) is 42.5 Å². The fourth-order valence-electron chi connectivity index (χ4n) is 1.09. The highest BCUT2D eigenvalue weighted by Crippen LogP contribution is 2.22. The van der Waals surface area contributed by atoms with Crippen LogP contribution in [0.5, 0.6) is 5.75 Å². The van der Waals surface area contributed by atoms with Crippen molar-refractivity contribution >= 4 is 5.97 Å². The summed E-state index contributed by atoms with van der Waals surface area (Å²) in [5.74, 6) is -0.0566. The Labute approximate surface area is 89.0 Å². The second-order valence-corrected chi connectivity index (χ2v) is 3.71. The van der Waals surface area contributed by atoms with E-state index in [9.17, 15) is 9.90 Å². The van der Waals surface area contributed by atoms with Gasteiger partial charge in [-0.15, -0.1) is 0 Å². The number of carbonyl (C=O) groups excluding carboxylic acids is 1. The van der Waals surface area contributed by atoms with Gasteiger partial charge in [0.05, 0.1) is 5.60 Å². The molecule has 0 atom stereocenters. The Morgan fingerprint density at radius 3 is 2.33 bits per heavy atom. The van der Waals surface area contributed by atoms with E-state index in [0.29, 0.717) is 5.75 Å². The monoisotopic (exact) mass is 206 g/mol. The molecule has 0 aliphatic rings. The molecule has 0 aliphatic heterocycles. The Bertz CT molecular complexity index is 357. The average molecular weight is 206 g/mol. The van der Waals surface area contributed by atoms with Crippen molar-refractivity contribution in [3.8, 4) is 5.75 Å². The zero-order valence-electron chi connectivity index (χ0n) is 8.86. The number of benzene rings is 1. The van der Waals surface area contributed by atoms with E-state index in [1.165, 1.54) is 0 Å². The molecule has 0 amide bonds. The molecule has 0 aromatic heterocycles. The lowest BCUT2D eigenvalue weighted by atomic mass is 9.99. The predicted octanol–water partition coefficient (Wildman–Crippen LogP) is 2.01. The van der Waals surface area contributed by atoms with E-state index in [0.717, 1.165) is 11.6 Å². The zero-order valence-corrected chi connectivity index (χ0v) is 8.86. The highest BCUT2D eigenvalue weighted by Gasteiger charge is 2.15. The fourth-order valence-corrected chi connectivity index (χ4v) is 1.09. The molecule has 0 heterocycles. The van der Waals surface area contributed by atoms with E-state index >= 15 is 0 Å². The molecule has 0 spiro atoms. The highest BCUT2D eigenvalue weighted by atomic mass is 16.5. The van der Waals surface area contributed by atoms with Crippen LogP contribution in [0.3, 0.4) is 0 Å². The second kappa shape index (κ2) is 4.28. The largest absolute Gasteiger partial charge is 0.423 e. The number of esters is 1. The number of ether oxygens (including phenoxy) is 1. The molecule has 1 aromatic rings. The molecular formula is C12H14O3. The minimum absolute atomic E-state index is 0.438. The van der Waals surface area contributed by atoms with Crippen molar-refractivity contribution in [1.29, 1.82) is 0 Å². The van der Waals surface area contributed by atoms with Crippen molar-refractivity contribution in [1.82, 2.24) is 0 Å². The molecule has 0 fully saturated rings. The molecule has 0 bridgehead atoms. The third-order valence-corrected chi connectivity index (χ3v) is 1.95. The third-order valence-electron chi connectivity index (χ3n) is 1.95. The second-order valence-electron chi connectivity index (χ2n) is 3.71. The van der Waals surface area contributed by atoms with E-state index in [1.807, 2.05) is 0 Å². The summed E-state index contributed by atoms with van der Waals surface area (Å²) in [6, 6.07) is 6.70. The molecule has 15 heavy (non-hydrogen) atoms. The van der Waals surface area contributed by atoms with Crippen LogP contribution in [0.4, 0.5) is 0 Å². The molecule has 0 unspecified atom stereocenters. The number of carbonyl (C=O) groups is 1. The molecular weight excluding hydrogens is 192 g/mol. The van der Waals surface area contributed by atoms with Gasteiger partial charge in [-0.25, -0.2) is 4.79 Å². The lowest BCUT2D eigenvalue weighted by Crippen LogP contribution is -2.15. The van der Waals surface area contributed by atoms with Gasteiger partial charge >= 0.3 is 5.97 Å².